The molecular weight excluding hydrogens is 300 g/mol. The summed E-state index contributed by atoms with van der Waals surface area (Å²) in [6.45, 7) is 1.80. The Kier molecular flexibility index (Phi) is 3.24. The molecule has 0 spiro atoms. The van der Waals surface area contributed by atoms with E-state index in [2.05, 4.69) is 26.0 Å². The van der Waals surface area contributed by atoms with Gasteiger partial charge in [0.05, 0.1) is 22.6 Å². The normalized spacial score (nSPS) is 11.2. The van der Waals surface area contributed by atoms with Crippen molar-refractivity contribution in [3.05, 3.63) is 34.1 Å². The van der Waals surface area contributed by atoms with E-state index in [4.69, 9.17) is 5.73 Å². The SMILES string of the molecule is Cc1cn(N=Cc2ccc(Br)c(O)c2O)c(N)n1. The molecule has 0 amide bonds. The van der Waals surface area contributed by atoms with Gasteiger partial charge < -0.3 is 15.9 Å². The van der Waals surface area contributed by atoms with Crippen molar-refractivity contribution in [2.75, 3.05) is 5.73 Å². The molecule has 4 N–H and O–H groups in total. The maximum absolute atomic E-state index is 9.70. The molecule has 0 aliphatic carbocycles. The summed E-state index contributed by atoms with van der Waals surface area (Å²) < 4.78 is 1.79. The minimum absolute atomic E-state index is 0.228. The largest absolute Gasteiger partial charge is 0.504 e. The molecule has 2 aromatic rings. The molecule has 18 heavy (non-hydrogen) atoms. The standard InChI is InChI=1S/C11H11BrN4O2/c1-6-5-16(11(13)15-6)14-4-7-2-3-8(12)10(18)9(7)17/h2-5,17-18H,1H3,(H2,13,15). The van der Waals surface area contributed by atoms with Gasteiger partial charge in [-0.25, -0.2) is 9.66 Å². The lowest BCUT2D eigenvalue weighted by Crippen LogP contribution is -1.97. The molecule has 0 aliphatic heterocycles. The number of anilines is 1. The van der Waals surface area contributed by atoms with E-state index in [0.717, 1.165) is 5.69 Å². The third-order valence-electron chi connectivity index (χ3n) is 2.29. The zero-order valence-electron chi connectivity index (χ0n) is 9.50. The van der Waals surface area contributed by atoms with Crippen molar-refractivity contribution in [2.45, 2.75) is 6.92 Å². The number of aromatic nitrogens is 2. The molecule has 1 heterocycles. The number of nitrogens with zero attached hydrogens (tertiary/aromatic N) is 3. The van der Waals surface area contributed by atoms with E-state index in [-0.39, 0.29) is 17.4 Å². The molecule has 0 saturated heterocycles. The molecule has 0 saturated carbocycles. The Morgan fingerprint density at radius 3 is 2.72 bits per heavy atom. The van der Waals surface area contributed by atoms with Crippen LogP contribution in [0.25, 0.3) is 0 Å². The average Bonchev–Trinajstić information content (AvgIpc) is 2.64. The Bertz CT molecular complexity index is 622. The molecule has 0 unspecified atom stereocenters. The Labute approximate surface area is 112 Å². The molecule has 7 heteroatoms. The highest BCUT2D eigenvalue weighted by molar-refractivity contribution is 9.10. The minimum atomic E-state index is -0.247. The van der Waals surface area contributed by atoms with E-state index in [9.17, 15) is 10.2 Å². The van der Waals surface area contributed by atoms with Crippen LogP contribution < -0.4 is 5.73 Å². The van der Waals surface area contributed by atoms with Gasteiger partial charge in [-0.2, -0.15) is 5.10 Å². The molecule has 1 aromatic heterocycles. The number of halogens is 1. The number of nitrogen functional groups attached to an aromatic ring is 1. The molecule has 6 nitrogen and oxygen atoms in total. The van der Waals surface area contributed by atoms with E-state index in [1.54, 1.807) is 25.3 Å². The van der Waals surface area contributed by atoms with Crippen LogP contribution in [0.4, 0.5) is 5.95 Å². The van der Waals surface area contributed by atoms with Gasteiger partial charge in [0.15, 0.2) is 11.5 Å². The quantitative estimate of drug-likeness (QED) is 0.582. The van der Waals surface area contributed by atoms with E-state index in [1.165, 1.54) is 10.9 Å². The number of imidazole rings is 1. The van der Waals surface area contributed by atoms with Gasteiger partial charge >= 0.3 is 0 Å². The number of nitrogens with two attached hydrogens (primary N) is 1. The molecule has 1 aromatic carbocycles. The summed E-state index contributed by atoms with van der Waals surface area (Å²) in [4.78, 5) is 3.99. The smallest absolute Gasteiger partial charge is 0.221 e. The topological polar surface area (TPSA) is 96.7 Å². The van der Waals surface area contributed by atoms with Crippen molar-refractivity contribution in [3.8, 4) is 11.5 Å². The third-order valence-corrected chi connectivity index (χ3v) is 2.93. The van der Waals surface area contributed by atoms with Crippen LogP contribution in [0.15, 0.2) is 27.9 Å². The van der Waals surface area contributed by atoms with Crippen LogP contribution in [0.1, 0.15) is 11.3 Å². The van der Waals surface area contributed by atoms with E-state index < -0.39 is 0 Å². The molecule has 0 bridgehead atoms. The summed E-state index contributed by atoms with van der Waals surface area (Å²) in [6, 6.07) is 3.22. The van der Waals surface area contributed by atoms with Crippen molar-refractivity contribution in [2.24, 2.45) is 5.10 Å². The highest BCUT2D eigenvalue weighted by Gasteiger charge is 2.08. The predicted molar refractivity (Wildman–Crippen MR) is 71.8 cm³/mol. The zero-order chi connectivity index (χ0) is 13.3. The van der Waals surface area contributed by atoms with Crippen LogP contribution in [0, 0.1) is 6.92 Å². The van der Waals surface area contributed by atoms with Gasteiger partial charge in [-0.3, -0.25) is 0 Å². The number of benzene rings is 1. The van der Waals surface area contributed by atoms with Crippen molar-refractivity contribution in [1.82, 2.24) is 9.66 Å². The second-order valence-electron chi connectivity index (χ2n) is 3.66. The van der Waals surface area contributed by atoms with Crippen LogP contribution in [-0.2, 0) is 0 Å². The van der Waals surface area contributed by atoms with Gasteiger partial charge in [0.2, 0.25) is 5.95 Å². The lowest BCUT2D eigenvalue weighted by molar-refractivity contribution is 0.401. The monoisotopic (exact) mass is 310 g/mol. The minimum Gasteiger partial charge on any atom is -0.504 e. The molecule has 0 radical (unpaired) electrons. The third kappa shape index (κ3) is 2.30. The van der Waals surface area contributed by atoms with Gasteiger partial charge in [0, 0.05) is 5.56 Å². The second kappa shape index (κ2) is 4.69. The lowest BCUT2D eigenvalue weighted by atomic mass is 10.2. The van der Waals surface area contributed by atoms with Crippen LogP contribution in [-0.4, -0.2) is 26.1 Å². The number of aromatic hydroxyl groups is 2. The van der Waals surface area contributed by atoms with Crippen LogP contribution >= 0.6 is 15.9 Å². The molecule has 0 atom stereocenters. The van der Waals surface area contributed by atoms with Crippen molar-refractivity contribution < 1.29 is 10.2 Å². The number of hydrogen-bond acceptors (Lipinski definition) is 5. The number of phenolic OH excluding ortho intramolecular Hbond substituents is 2. The number of hydrogen-bond donors (Lipinski definition) is 3. The van der Waals surface area contributed by atoms with Crippen LogP contribution in [0.2, 0.25) is 0 Å². The molecule has 0 aliphatic rings. The average molecular weight is 311 g/mol. The number of aryl methyl sites for hydroxylation is 1. The first-order valence-electron chi connectivity index (χ1n) is 5.05. The fourth-order valence-electron chi connectivity index (χ4n) is 1.40. The number of rotatable bonds is 2. The van der Waals surface area contributed by atoms with Crippen molar-refractivity contribution in [1.29, 1.82) is 0 Å². The summed E-state index contributed by atoms with van der Waals surface area (Å²) in [7, 11) is 0. The van der Waals surface area contributed by atoms with Gasteiger partial charge in [-0.15, -0.1) is 0 Å². The summed E-state index contributed by atoms with van der Waals surface area (Å²) in [6.07, 6.45) is 3.04. The Hall–Kier alpha value is -2.02. The summed E-state index contributed by atoms with van der Waals surface area (Å²) in [5.41, 5.74) is 6.74. The maximum atomic E-state index is 9.70. The zero-order valence-corrected chi connectivity index (χ0v) is 11.1. The van der Waals surface area contributed by atoms with Gasteiger partial charge in [0.1, 0.15) is 0 Å². The summed E-state index contributed by atoms with van der Waals surface area (Å²) in [5.74, 6) is -0.221. The summed E-state index contributed by atoms with van der Waals surface area (Å²) >= 11 is 3.10. The van der Waals surface area contributed by atoms with Crippen molar-refractivity contribution in [3.63, 3.8) is 0 Å². The van der Waals surface area contributed by atoms with Crippen molar-refractivity contribution >= 4 is 28.1 Å². The van der Waals surface area contributed by atoms with E-state index in [0.29, 0.717) is 10.0 Å². The van der Waals surface area contributed by atoms with E-state index in [1.807, 2.05) is 0 Å². The van der Waals surface area contributed by atoms with Gasteiger partial charge in [-0.05, 0) is 35.0 Å². The first kappa shape index (κ1) is 12.4. The van der Waals surface area contributed by atoms with Crippen LogP contribution in [0.5, 0.6) is 11.5 Å². The molecule has 0 fully saturated rings. The lowest BCUT2D eigenvalue weighted by Gasteiger charge is -2.03. The Morgan fingerprint density at radius 1 is 1.39 bits per heavy atom. The Balaban J connectivity index is 2.35. The first-order chi connectivity index (χ1) is 8.49. The highest BCUT2D eigenvalue weighted by Crippen LogP contribution is 2.35. The van der Waals surface area contributed by atoms with E-state index >= 15 is 0 Å². The molecule has 94 valence electrons. The first-order valence-corrected chi connectivity index (χ1v) is 5.84. The fourth-order valence-corrected chi connectivity index (χ4v) is 1.72. The van der Waals surface area contributed by atoms with Gasteiger partial charge in [-0.1, -0.05) is 0 Å². The predicted octanol–water partition coefficient (Wildman–Crippen LogP) is 1.83. The maximum Gasteiger partial charge on any atom is 0.221 e. The highest BCUT2D eigenvalue weighted by atomic mass is 79.9. The Morgan fingerprint density at radius 2 is 2.11 bits per heavy atom. The fraction of sp³-hybridized carbons (Fsp3) is 0.0909. The number of phenols is 2. The molecular formula is C11H11BrN4O2. The molecule has 2 rings (SSSR count). The summed E-state index contributed by atoms with van der Waals surface area (Å²) in [5, 5.41) is 23.3. The van der Waals surface area contributed by atoms with Crippen LogP contribution in [0.3, 0.4) is 0 Å². The van der Waals surface area contributed by atoms with Gasteiger partial charge in [0.25, 0.3) is 0 Å². The second-order valence-corrected chi connectivity index (χ2v) is 4.52.